The molecule has 1 amide bonds. The predicted octanol–water partition coefficient (Wildman–Crippen LogP) is 2.96. The molecule has 0 aromatic heterocycles. The van der Waals surface area contributed by atoms with Gasteiger partial charge in [-0.2, -0.15) is 4.31 Å². The van der Waals surface area contributed by atoms with Crippen molar-refractivity contribution in [3.63, 3.8) is 0 Å². The fourth-order valence-corrected chi connectivity index (χ4v) is 5.56. The number of esters is 1. The third-order valence-corrected chi connectivity index (χ3v) is 8.24. The van der Waals surface area contributed by atoms with Gasteiger partial charge in [0, 0.05) is 23.8 Å². The Morgan fingerprint density at radius 1 is 1.03 bits per heavy atom. The van der Waals surface area contributed by atoms with E-state index in [1.54, 1.807) is 12.1 Å². The summed E-state index contributed by atoms with van der Waals surface area (Å²) >= 11 is 5.95. The highest BCUT2D eigenvalue weighted by molar-refractivity contribution is 7.89. The summed E-state index contributed by atoms with van der Waals surface area (Å²) in [4.78, 5) is 25.2. The van der Waals surface area contributed by atoms with E-state index in [0.29, 0.717) is 49.9 Å². The lowest BCUT2D eigenvalue weighted by Crippen LogP contribution is -2.44. The number of anilines is 1. The third kappa shape index (κ3) is 5.06. The summed E-state index contributed by atoms with van der Waals surface area (Å²) in [6.07, 6.45) is 2.23. The lowest BCUT2D eigenvalue weighted by Gasteiger charge is -2.39. The van der Waals surface area contributed by atoms with Crippen LogP contribution < -0.4 is 5.32 Å². The van der Waals surface area contributed by atoms with Crippen LogP contribution in [0.5, 0.6) is 0 Å². The molecule has 8 nitrogen and oxygen atoms in total. The zero-order chi connectivity index (χ0) is 23.5. The maximum absolute atomic E-state index is 12.8. The van der Waals surface area contributed by atoms with Crippen molar-refractivity contribution in [2.45, 2.75) is 29.6 Å². The molecule has 0 bridgehead atoms. The van der Waals surface area contributed by atoms with Gasteiger partial charge in [-0.05, 0) is 54.8 Å². The molecule has 1 N–H and O–H groups in total. The second-order valence-electron chi connectivity index (χ2n) is 8.11. The Morgan fingerprint density at radius 2 is 1.67 bits per heavy atom. The third-order valence-electron chi connectivity index (χ3n) is 6.07. The highest BCUT2D eigenvalue weighted by Gasteiger charge is 2.47. The van der Waals surface area contributed by atoms with Crippen molar-refractivity contribution < 1.29 is 27.5 Å². The first-order valence-corrected chi connectivity index (χ1v) is 12.5. The number of hydrogen-bond acceptors (Lipinski definition) is 6. The zero-order valence-electron chi connectivity index (χ0n) is 18.0. The second-order valence-corrected chi connectivity index (χ2v) is 10.5. The Labute approximate surface area is 197 Å². The highest BCUT2D eigenvalue weighted by Crippen LogP contribution is 2.45. The first-order valence-electron chi connectivity index (χ1n) is 10.7. The molecule has 10 heteroatoms. The van der Waals surface area contributed by atoms with E-state index in [9.17, 15) is 18.0 Å². The minimum absolute atomic E-state index is 0.142. The maximum atomic E-state index is 12.8. The lowest BCUT2D eigenvalue weighted by molar-refractivity contribution is -0.156. The van der Waals surface area contributed by atoms with Crippen LogP contribution in [-0.4, -0.2) is 57.5 Å². The van der Waals surface area contributed by atoms with Crippen LogP contribution >= 0.6 is 11.6 Å². The van der Waals surface area contributed by atoms with Gasteiger partial charge in [-0.1, -0.05) is 30.2 Å². The number of ether oxygens (including phenoxy) is 2. The molecular weight excluding hydrogens is 468 g/mol. The molecule has 0 spiro atoms. The molecule has 2 fully saturated rings. The predicted molar refractivity (Wildman–Crippen MR) is 123 cm³/mol. The van der Waals surface area contributed by atoms with Crippen LogP contribution in [-0.2, 0) is 34.5 Å². The van der Waals surface area contributed by atoms with Gasteiger partial charge in [0.05, 0.1) is 23.5 Å². The molecule has 2 aliphatic rings. The van der Waals surface area contributed by atoms with Gasteiger partial charge in [0.15, 0.2) is 6.61 Å². The molecule has 1 saturated heterocycles. The van der Waals surface area contributed by atoms with Gasteiger partial charge in [0.1, 0.15) is 0 Å². The number of nitrogens with zero attached hydrogens (tertiary/aromatic N) is 1. The topological polar surface area (TPSA) is 102 Å². The number of rotatable bonds is 7. The van der Waals surface area contributed by atoms with Gasteiger partial charge in [-0.15, -0.1) is 0 Å². The van der Waals surface area contributed by atoms with Crippen molar-refractivity contribution in [2.75, 3.05) is 38.2 Å². The van der Waals surface area contributed by atoms with E-state index >= 15 is 0 Å². The Kier molecular flexibility index (Phi) is 7.04. The molecule has 1 saturated carbocycles. The Bertz CT molecular complexity index is 1110. The molecule has 176 valence electrons. The molecule has 2 aromatic carbocycles. The number of hydrogen-bond donors (Lipinski definition) is 1. The van der Waals surface area contributed by atoms with Crippen LogP contribution in [0.3, 0.4) is 0 Å². The van der Waals surface area contributed by atoms with Gasteiger partial charge in [-0.25, -0.2) is 8.42 Å². The largest absolute Gasteiger partial charge is 0.455 e. The van der Waals surface area contributed by atoms with E-state index < -0.39 is 33.9 Å². The summed E-state index contributed by atoms with van der Waals surface area (Å²) in [7, 11) is -3.61. The number of amides is 1. The molecule has 4 rings (SSSR count). The van der Waals surface area contributed by atoms with E-state index in [-0.39, 0.29) is 4.90 Å². The smallest absolute Gasteiger partial charge is 0.317 e. The Hall–Kier alpha value is -2.46. The molecule has 2 aromatic rings. The first-order chi connectivity index (χ1) is 15.8. The van der Waals surface area contributed by atoms with Crippen LogP contribution in [0.15, 0.2) is 53.4 Å². The molecule has 0 radical (unpaired) electrons. The van der Waals surface area contributed by atoms with E-state index in [1.807, 2.05) is 12.1 Å². The fourth-order valence-electron chi connectivity index (χ4n) is 4.02. The molecule has 1 aliphatic heterocycles. The maximum Gasteiger partial charge on any atom is 0.317 e. The molecule has 1 heterocycles. The molecule has 0 atom stereocenters. The van der Waals surface area contributed by atoms with Crippen LogP contribution in [0.4, 0.5) is 5.69 Å². The van der Waals surface area contributed by atoms with Crippen LogP contribution in [0.25, 0.3) is 0 Å². The summed E-state index contributed by atoms with van der Waals surface area (Å²) in [5.41, 5.74) is 0.508. The summed E-state index contributed by atoms with van der Waals surface area (Å²) in [5, 5.41) is 3.22. The minimum atomic E-state index is -3.61. The second kappa shape index (κ2) is 9.80. The van der Waals surface area contributed by atoms with Crippen molar-refractivity contribution in [3.8, 4) is 0 Å². The van der Waals surface area contributed by atoms with Gasteiger partial charge >= 0.3 is 5.97 Å². The number of carbonyl (C=O) groups excluding carboxylic acids is 2. The Balaban J connectivity index is 1.33. The fraction of sp³-hybridized carbons (Fsp3) is 0.391. The normalized spacial score (nSPS) is 18.2. The van der Waals surface area contributed by atoms with Crippen LogP contribution in [0.2, 0.25) is 5.02 Å². The summed E-state index contributed by atoms with van der Waals surface area (Å²) in [5.74, 6) is -0.934. The van der Waals surface area contributed by atoms with Crippen molar-refractivity contribution in [3.05, 3.63) is 59.1 Å². The Morgan fingerprint density at radius 3 is 2.24 bits per heavy atom. The molecular formula is C23H25ClN2O6S. The summed E-state index contributed by atoms with van der Waals surface area (Å²) in [6, 6.07) is 13.0. The van der Waals surface area contributed by atoms with Gasteiger partial charge in [0.25, 0.3) is 5.91 Å². The standard InChI is InChI=1S/C23H25ClN2O6S/c24-18-4-2-17(3-5-18)23(10-1-11-23)22(28)32-16-21(27)25-19-6-8-20(9-7-19)33(29,30)26-12-14-31-15-13-26/h2-9H,1,10-16H2,(H,25,27). The van der Waals surface area contributed by atoms with Gasteiger partial charge < -0.3 is 14.8 Å². The zero-order valence-corrected chi connectivity index (χ0v) is 19.5. The minimum Gasteiger partial charge on any atom is -0.455 e. The van der Waals surface area contributed by atoms with Gasteiger partial charge in [-0.3, -0.25) is 9.59 Å². The number of sulfonamides is 1. The number of morpholine rings is 1. The SMILES string of the molecule is O=C(COC(=O)C1(c2ccc(Cl)cc2)CCC1)Nc1ccc(S(=O)(=O)N2CCOCC2)cc1. The molecule has 1 aliphatic carbocycles. The highest BCUT2D eigenvalue weighted by atomic mass is 35.5. The number of carbonyl (C=O) groups is 2. The lowest BCUT2D eigenvalue weighted by atomic mass is 9.64. The number of halogens is 1. The van der Waals surface area contributed by atoms with Gasteiger partial charge in [0.2, 0.25) is 10.0 Å². The van der Waals surface area contributed by atoms with Crippen LogP contribution in [0.1, 0.15) is 24.8 Å². The van der Waals surface area contributed by atoms with Crippen molar-refractivity contribution >= 4 is 39.2 Å². The van der Waals surface area contributed by atoms with Crippen molar-refractivity contribution in [1.29, 1.82) is 0 Å². The summed E-state index contributed by atoms with van der Waals surface area (Å²) < 4.78 is 37.3. The van der Waals surface area contributed by atoms with Crippen LogP contribution in [0, 0.1) is 0 Å². The van der Waals surface area contributed by atoms with E-state index in [4.69, 9.17) is 21.1 Å². The van der Waals surface area contributed by atoms with Crippen molar-refractivity contribution in [2.24, 2.45) is 0 Å². The first kappa shape index (κ1) is 23.7. The van der Waals surface area contributed by atoms with E-state index in [0.717, 1.165) is 12.0 Å². The van der Waals surface area contributed by atoms with Crippen molar-refractivity contribution in [1.82, 2.24) is 4.31 Å². The van der Waals surface area contributed by atoms with E-state index in [2.05, 4.69) is 5.32 Å². The average Bonchev–Trinajstić information content (AvgIpc) is 2.79. The average molecular weight is 493 g/mol. The molecule has 33 heavy (non-hydrogen) atoms. The number of benzene rings is 2. The summed E-state index contributed by atoms with van der Waals surface area (Å²) in [6.45, 7) is 0.923. The monoisotopic (exact) mass is 492 g/mol. The molecule has 0 unspecified atom stereocenters. The number of nitrogens with one attached hydrogen (secondary N) is 1. The quantitative estimate of drug-likeness (QED) is 0.596. The van der Waals surface area contributed by atoms with E-state index in [1.165, 1.54) is 28.6 Å².